The smallest absolute Gasteiger partial charge is 0.477 e. The van der Waals surface area contributed by atoms with Gasteiger partial charge in [0.2, 0.25) is 0 Å². The summed E-state index contributed by atoms with van der Waals surface area (Å²) in [6.45, 7) is 6.41. The number of hydrogen-bond acceptors (Lipinski definition) is 5. The van der Waals surface area contributed by atoms with E-state index in [-0.39, 0.29) is 6.42 Å². The maximum absolute atomic E-state index is 11.1. The topological polar surface area (TPSA) is 98.9 Å². The number of aliphatic carboxylic acids is 1. The van der Waals surface area contributed by atoms with E-state index in [1.165, 1.54) is 6.92 Å². The molecule has 0 aromatic heterocycles. The highest BCUT2D eigenvalue weighted by Gasteiger charge is 2.38. The summed E-state index contributed by atoms with van der Waals surface area (Å²) in [5, 5.41) is 8.72. The lowest BCUT2D eigenvalue weighted by Gasteiger charge is -2.25. The first kappa shape index (κ1) is 13.7. The van der Waals surface area contributed by atoms with Crippen molar-refractivity contribution in [3.05, 3.63) is 0 Å². The number of ether oxygens (including phenoxy) is 2. The first-order chi connectivity index (χ1) is 6.60. The molecule has 0 aromatic carbocycles. The van der Waals surface area contributed by atoms with Crippen molar-refractivity contribution in [1.29, 1.82) is 0 Å². The van der Waals surface area contributed by atoms with Gasteiger partial charge in [-0.25, -0.2) is 9.59 Å². The maximum Gasteiger partial charge on any atom is 0.511 e. The molecule has 0 aliphatic carbocycles. The van der Waals surface area contributed by atoms with E-state index in [1.54, 1.807) is 20.8 Å². The molecule has 3 N–H and O–H groups in total. The predicted molar refractivity (Wildman–Crippen MR) is 52.2 cm³/mol. The highest BCUT2D eigenvalue weighted by atomic mass is 16.7. The number of carbonyl (C=O) groups is 2. The number of hydrogen-bond donors (Lipinski definition) is 2. The van der Waals surface area contributed by atoms with E-state index in [0.717, 1.165) is 0 Å². The minimum Gasteiger partial charge on any atom is -0.477 e. The molecular weight excluding hydrogens is 202 g/mol. The molecule has 0 amide bonds. The fourth-order valence-corrected chi connectivity index (χ4v) is 0.687. The number of nitrogens with two attached hydrogens (primary N) is 1. The minimum atomic E-state index is -2.03. The van der Waals surface area contributed by atoms with Crippen LogP contribution in [0.3, 0.4) is 0 Å². The zero-order chi connectivity index (χ0) is 12.3. The van der Waals surface area contributed by atoms with E-state index in [2.05, 4.69) is 4.74 Å². The minimum absolute atomic E-state index is 0.0401. The van der Waals surface area contributed by atoms with Crippen LogP contribution in [0, 0.1) is 0 Å². The lowest BCUT2D eigenvalue weighted by Crippen LogP contribution is -2.51. The molecule has 6 nitrogen and oxygen atoms in total. The maximum atomic E-state index is 11.1. The monoisotopic (exact) mass is 219 g/mol. The lowest BCUT2D eigenvalue weighted by molar-refractivity contribution is -0.163. The van der Waals surface area contributed by atoms with Crippen LogP contribution in [0.15, 0.2) is 0 Å². The Bertz CT molecular complexity index is 258. The molecule has 0 fully saturated rings. The Morgan fingerprint density at radius 2 is 1.73 bits per heavy atom. The molecule has 1 atom stereocenters. The van der Waals surface area contributed by atoms with Crippen molar-refractivity contribution < 1.29 is 24.2 Å². The highest BCUT2D eigenvalue weighted by Crippen LogP contribution is 2.14. The van der Waals surface area contributed by atoms with Gasteiger partial charge >= 0.3 is 12.1 Å². The van der Waals surface area contributed by atoms with Gasteiger partial charge in [-0.1, -0.05) is 6.92 Å². The molecule has 6 heteroatoms. The normalized spacial score (nSPS) is 15.3. The third-order valence-electron chi connectivity index (χ3n) is 1.54. The van der Waals surface area contributed by atoms with Crippen LogP contribution in [0.2, 0.25) is 0 Å². The molecule has 0 saturated heterocycles. The first-order valence-electron chi connectivity index (χ1n) is 4.55. The third-order valence-corrected chi connectivity index (χ3v) is 1.54. The molecule has 0 bridgehead atoms. The fraction of sp³-hybridized carbons (Fsp3) is 0.778. The molecule has 0 aliphatic heterocycles. The molecule has 0 radical (unpaired) electrons. The summed E-state index contributed by atoms with van der Waals surface area (Å²) in [6.07, 6.45) is -1.13. The lowest BCUT2D eigenvalue weighted by atomic mass is 10.2. The Kier molecular flexibility index (Phi) is 4.09. The van der Waals surface area contributed by atoms with Gasteiger partial charge in [0.1, 0.15) is 5.60 Å². The second-order valence-corrected chi connectivity index (χ2v) is 4.11. The second-order valence-electron chi connectivity index (χ2n) is 4.11. The third kappa shape index (κ3) is 4.64. The second kappa shape index (κ2) is 4.48. The van der Waals surface area contributed by atoms with Gasteiger partial charge in [-0.3, -0.25) is 5.73 Å². The Morgan fingerprint density at radius 1 is 1.27 bits per heavy atom. The van der Waals surface area contributed by atoms with E-state index in [4.69, 9.17) is 15.6 Å². The molecule has 0 rings (SSSR count). The molecule has 0 saturated carbocycles. The van der Waals surface area contributed by atoms with Gasteiger partial charge in [0.05, 0.1) is 0 Å². The van der Waals surface area contributed by atoms with Crippen LogP contribution in [0.5, 0.6) is 0 Å². The van der Waals surface area contributed by atoms with Crippen molar-refractivity contribution in [3.63, 3.8) is 0 Å². The zero-order valence-electron chi connectivity index (χ0n) is 9.36. The van der Waals surface area contributed by atoms with Crippen LogP contribution in [-0.4, -0.2) is 28.6 Å². The van der Waals surface area contributed by atoms with Crippen LogP contribution in [0.25, 0.3) is 0 Å². The Labute approximate surface area is 88.3 Å². The highest BCUT2D eigenvalue weighted by molar-refractivity contribution is 5.79. The van der Waals surface area contributed by atoms with Crippen LogP contribution in [-0.2, 0) is 14.3 Å². The quantitative estimate of drug-likeness (QED) is 0.544. The van der Waals surface area contributed by atoms with Crippen molar-refractivity contribution in [2.75, 3.05) is 0 Å². The molecule has 88 valence electrons. The van der Waals surface area contributed by atoms with Crippen LogP contribution < -0.4 is 5.73 Å². The predicted octanol–water partition coefficient (Wildman–Crippen LogP) is 1.09. The van der Waals surface area contributed by atoms with E-state index in [9.17, 15) is 9.59 Å². The summed E-state index contributed by atoms with van der Waals surface area (Å²) in [7, 11) is 0. The van der Waals surface area contributed by atoms with E-state index >= 15 is 0 Å². The molecule has 0 aliphatic rings. The largest absolute Gasteiger partial charge is 0.511 e. The van der Waals surface area contributed by atoms with Gasteiger partial charge in [-0.15, -0.1) is 0 Å². The van der Waals surface area contributed by atoms with Gasteiger partial charge < -0.3 is 14.6 Å². The number of carboxylic acids is 1. The van der Waals surface area contributed by atoms with E-state index < -0.39 is 23.5 Å². The number of carboxylic acid groups (broad SMARTS) is 1. The van der Waals surface area contributed by atoms with Gasteiger partial charge in [-0.05, 0) is 20.8 Å². The van der Waals surface area contributed by atoms with Gasteiger partial charge in [-0.2, -0.15) is 0 Å². The summed E-state index contributed by atoms with van der Waals surface area (Å²) in [4.78, 5) is 21.8. The van der Waals surface area contributed by atoms with Crippen molar-refractivity contribution >= 4 is 12.1 Å². The summed E-state index contributed by atoms with van der Waals surface area (Å²) in [5.41, 5.74) is 2.57. The standard InChI is InChI=1S/C9H17NO5/c1-5-9(10,6(11)12)15-7(13)14-8(2,3)4/h5,10H2,1-4H3,(H,11,12). The molecule has 0 aromatic rings. The van der Waals surface area contributed by atoms with Crippen molar-refractivity contribution in [3.8, 4) is 0 Å². The van der Waals surface area contributed by atoms with Gasteiger partial charge in [0.25, 0.3) is 5.72 Å². The fourth-order valence-electron chi connectivity index (χ4n) is 0.687. The van der Waals surface area contributed by atoms with Gasteiger partial charge in [0.15, 0.2) is 0 Å². The summed E-state index contributed by atoms with van der Waals surface area (Å²) in [6, 6.07) is 0. The first-order valence-corrected chi connectivity index (χ1v) is 4.55. The van der Waals surface area contributed by atoms with Crippen LogP contribution in [0.4, 0.5) is 4.79 Å². The molecular formula is C9H17NO5. The van der Waals surface area contributed by atoms with Gasteiger partial charge in [0, 0.05) is 6.42 Å². The van der Waals surface area contributed by atoms with E-state index in [0.29, 0.717) is 0 Å². The Balaban J connectivity index is 4.45. The van der Waals surface area contributed by atoms with Crippen molar-refractivity contribution in [2.24, 2.45) is 5.73 Å². The van der Waals surface area contributed by atoms with E-state index in [1.807, 2.05) is 0 Å². The summed E-state index contributed by atoms with van der Waals surface area (Å²) >= 11 is 0. The SMILES string of the molecule is CCC(N)(OC(=O)OC(C)(C)C)C(=O)O. The average Bonchev–Trinajstić information content (AvgIpc) is 1.99. The zero-order valence-corrected chi connectivity index (χ0v) is 9.36. The molecule has 0 heterocycles. The van der Waals surface area contributed by atoms with Crippen molar-refractivity contribution in [2.45, 2.75) is 45.4 Å². The molecule has 15 heavy (non-hydrogen) atoms. The molecule has 1 unspecified atom stereocenters. The molecule has 0 spiro atoms. The van der Waals surface area contributed by atoms with Crippen LogP contribution >= 0.6 is 0 Å². The van der Waals surface area contributed by atoms with Crippen molar-refractivity contribution in [1.82, 2.24) is 0 Å². The van der Waals surface area contributed by atoms with Crippen LogP contribution in [0.1, 0.15) is 34.1 Å². The number of rotatable bonds is 3. The Hall–Kier alpha value is -1.30. The number of carbonyl (C=O) groups excluding carboxylic acids is 1. The average molecular weight is 219 g/mol. The Morgan fingerprint density at radius 3 is 2.00 bits per heavy atom. The summed E-state index contributed by atoms with van der Waals surface area (Å²) < 4.78 is 9.32. The summed E-state index contributed by atoms with van der Waals surface area (Å²) in [5.74, 6) is -1.41.